The highest BCUT2D eigenvalue weighted by molar-refractivity contribution is 5.87. The first-order valence-electron chi connectivity index (χ1n) is 4.85. The Bertz CT molecular complexity index is 674. The molecule has 2 rings (SSSR count). The first-order valence-corrected chi connectivity index (χ1v) is 4.85. The Morgan fingerprint density at radius 3 is 2.81 bits per heavy atom. The molecule has 1 heterocycles. The number of hydrogen-bond acceptors (Lipinski definition) is 2. The number of hydrogen-bond donors (Lipinski definition) is 1. The highest BCUT2D eigenvalue weighted by atomic mass is 16.1. The molecule has 0 radical (unpaired) electrons. The van der Waals surface area contributed by atoms with E-state index in [0.717, 1.165) is 16.5 Å². The summed E-state index contributed by atoms with van der Waals surface area (Å²) in [5.74, 6) is 0. The second kappa shape index (κ2) is 3.67. The third-order valence-electron chi connectivity index (χ3n) is 2.46. The van der Waals surface area contributed by atoms with E-state index in [4.69, 9.17) is 5.26 Å². The zero-order valence-electron chi connectivity index (χ0n) is 8.87. The number of nitrogens with zero attached hydrogens (tertiary/aromatic N) is 1. The van der Waals surface area contributed by atoms with Gasteiger partial charge in [0.2, 0.25) is 5.56 Å². The van der Waals surface area contributed by atoms with Crippen LogP contribution in [0.2, 0.25) is 0 Å². The molecule has 0 spiro atoms. The zero-order valence-corrected chi connectivity index (χ0v) is 8.87. The fourth-order valence-electron chi connectivity index (χ4n) is 1.61. The van der Waals surface area contributed by atoms with Crippen LogP contribution in [-0.4, -0.2) is 4.98 Å². The molecule has 0 bridgehead atoms. The van der Waals surface area contributed by atoms with Crippen LogP contribution in [0.15, 0.2) is 35.6 Å². The summed E-state index contributed by atoms with van der Waals surface area (Å²) in [6, 6.07) is 8.87. The third kappa shape index (κ3) is 1.61. The van der Waals surface area contributed by atoms with Crippen LogP contribution < -0.4 is 5.56 Å². The highest BCUT2D eigenvalue weighted by Crippen LogP contribution is 2.20. The van der Waals surface area contributed by atoms with Crippen molar-refractivity contribution in [1.29, 1.82) is 5.26 Å². The maximum Gasteiger partial charge on any atom is 0.249 e. The summed E-state index contributed by atoms with van der Waals surface area (Å²) in [5, 5.41) is 9.72. The number of benzene rings is 1. The molecule has 0 amide bonds. The fraction of sp³-hybridized carbons (Fsp3) is 0.0769. The topological polar surface area (TPSA) is 56.6 Å². The van der Waals surface area contributed by atoms with E-state index >= 15 is 0 Å². The van der Waals surface area contributed by atoms with Gasteiger partial charge in [-0.1, -0.05) is 18.2 Å². The van der Waals surface area contributed by atoms with Crippen molar-refractivity contribution < 1.29 is 0 Å². The lowest BCUT2D eigenvalue weighted by atomic mass is 10.0. The molecule has 0 unspecified atom stereocenters. The van der Waals surface area contributed by atoms with Crippen LogP contribution in [0.25, 0.3) is 16.5 Å². The number of nitrogens with one attached hydrogen (secondary N) is 1. The number of fused-ring (bicyclic) bond motifs is 1. The van der Waals surface area contributed by atoms with Crippen LogP contribution in [0.4, 0.5) is 0 Å². The molecule has 0 aliphatic heterocycles. The van der Waals surface area contributed by atoms with Gasteiger partial charge in [-0.2, -0.15) is 5.26 Å². The summed E-state index contributed by atoms with van der Waals surface area (Å²) < 4.78 is 0. The van der Waals surface area contributed by atoms with Gasteiger partial charge in [-0.15, -0.1) is 0 Å². The number of pyridine rings is 1. The Kier molecular flexibility index (Phi) is 2.34. The van der Waals surface area contributed by atoms with E-state index in [1.165, 1.54) is 6.07 Å². The van der Waals surface area contributed by atoms with Gasteiger partial charge in [-0.05, 0) is 24.6 Å². The van der Waals surface area contributed by atoms with Gasteiger partial charge < -0.3 is 4.98 Å². The molecule has 0 fully saturated rings. The minimum absolute atomic E-state index is 0.257. The molecular weight excluding hydrogens is 200 g/mol. The molecule has 1 aromatic heterocycles. The zero-order chi connectivity index (χ0) is 11.7. The lowest BCUT2D eigenvalue weighted by Crippen LogP contribution is -2.05. The van der Waals surface area contributed by atoms with Crippen LogP contribution in [0.5, 0.6) is 0 Å². The summed E-state index contributed by atoms with van der Waals surface area (Å²) in [4.78, 5) is 14.0. The molecule has 1 N–H and O–H groups in total. The lowest BCUT2D eigenvalue weighted by Gasteiger charge is -2.03. The number of H-pyrrole nitrogens is 1. The predicted octanol–water partition coefficient (Wildman–Crippen LogP) is 2.43. The van der Waals surface area contributed by atoms with E-state index in [1.54, 1.807) is 6.07 Å². The molecular formula is C13H10N2O. The maximum atomic E-state index is 11.3. The number of aromatic amines is 1. The summed E-state index contributed by atoms with van der Waals surface area (Å²) >= 11 is 0. The van der Waals surface area contributed by atoms with Crippen molar-refractivity contribution in [2.75, 3.05) is 0 Å². The van der Waals surface area contributed by atoms with Crippen LogP contribution >= 0.6 is 0 Å². The van der Waals surface area contributed by atoms with Crippen LogP contribution in [-0.2, 0) is 0 Å². The van der Waals surface area contributed by atoms with Crippen molar-refractivity contribution in [3.63, 3.8) is 0 Å². The third-order valence-corrected chi connectivity index (χ3v) is 2.46. The number of aromatic nitrogens is 1. The highest BCUT2D eigenvalue weighted by Gasteiger charge is 2.04. The standard InChI is InChI=1S/C13H10N2O/c1-8(2)9-3-4-12-11(5-9)10(7-14)6-13(16)15-12/h3-6H,1H2,2H3,(H,15,16). The van der Waals surface area contributed by atoms with Gasteiger partial charge in [0.15, 0.2) is 0 Å². The van der Waals surface area contributed by atoms with E-state index in [0.29, 0.717) is 11.1 Å². The predicted molar refractivity (Wildman–Crippen MR) is 64.0 cm³/mol. The molecule has 0 atom stereocenters. The first-order chi connectivity index (χ1) is 7.61. The Balaban J connectivity index is 2.87. The Morgan fingerprint density at radius 2 is 2.19 bits per heavy atom. The van der Waals surface area contributed by atoms with Gasteiger partial charge >= 0.3 is 0 Å². The van der Waals surface area contributed by atoms with E-state index in [9.17, 15) is 4.79 Å². The van der Waals surface area contributed by atoms with Crippen LogP contribution in [0.1, 0.15) is 18.1 Å². The van der Waals surface area contributed by atoms with E-state index in [-0.39, 0.29) is 5.56 Å². The average Bonchev–Trinajstić information content (AvgIpc) is 2.27. The normalized spacial score (nSPS) is 10.0. The minimum Gasteiger partial charge on any atom is -0.322 e. The molecule has 0 aliphatic carbocycles. The van der Waals surface area contributed by atoms with E-state index < -0.39 is 0 Å². The molecule has 0 saturated carbocycles. The second-order valence-corrected chi connectivity index (χ2v) is 3.70. The smallest absolute Gasteiger partial charge is 0.249 e. The first kappa shape index (κ1) is 10.2. The molecule has 2 aromatic rings. The van der Waals surface area contributed by atoms with Crippen molar-refractivity contribution in [1.82, 2.24) is 4.98 Å². The largest absolute Gasteiger partial charge is 0.322 e. The summed E-state index contributed by atoms with van der Waals surface area (Å²) in [6.45, 7) is 5.75. The number of rotatable bonds is 1. The molecule has 78 valence electrons. The van der Waals surface area contributed by atoms with Gasteiger partial charge in [0.25, 0.3) is 0 Å². The molecule has 0 aliphatic rings. The molecule has 3 heteroatoms. The SMILES string of the molecule is C=C(C)c1ccc2[nH]c(=O)cc(C#N)c2c1. The van der Waals surface area contributed by atoms with Crippen LogP contribution in [0, 0.1) is 11.3 Å². The van der Waals surface area contributed by atoms with Gasteiger partial charge in [-0.25, -0.2) is 0 Å². The quantitative estimate of drug-likeness (QED) is 0.785. The van der Waals surface area contributed by atoms with Crippen molar-refractivity contribution >= 4 is 16.5 Å². The Labute approximate surface area is 92.7 Å². The summed E-state index contributed by atoms with van der Waals surface area (Å²) in [6.07, 6.45) is 0. The second-order valence-electron chi connectivity index (χ2n) is 3.70. The van der Waals surface area contributed by atoms with E-state index in [2.05, 4.69) is 11.6 Å². The summed E-state index contributed by atoms with van der Waals surface area (Å²) in [7, 11) is 0. The molecule has 1 aromatic carbocycles. The molecule has 3 nitrogen and oxygen atoms in total. The Morgan fingerprint density at radius 1 is 1.44 bits per heavy atom. The monoisotopic (exact) mass is 210 g/mol. The van der Waals surface area contributed by atoms with Gasteiger partial charge in [0.05, 0.1) is 5.56 Å². The Hall–Kier alpha value is -2.34. The lowest BCUT2D eigenvalue weighted by molar-refractivity contribution is 1.29. The van der Waals surface area contributed by atoms with Crippen LogP contribution in [0.3, 0.4) is 0 Å². The van der Waals surface area contributed by atoms with E-state index in [1.807, 2.05) is 25.1 Å². The van der Waals surface area contributed by atoms with Gasteiger partial charge in [0, 0.05) is 17.0 Å². The maximum absolute atomic E-state index is 11.3. The summed E-state index contributed by atoms with van der Waals surface area (Å²) in [5.41, 5.74) is 2.70. The van der Waals surface area contributed by atoms with Crippen molar-refractivity contribution in [2.45, 2.75) is 6.92 Å². The van der Waals surface area contributed by atoms with Gasteiger partial charge in [0.1, 0.15) is 6.07 Å². The number of allylic oxidation sites excluding steroid dienone is 1. The van der Waals surface area contributed by atoms with Crippen molar-refractivity contribution in [3.05, 3.63) is 52.3 Å². The number of nitriles is 1. The minimum atomic E-state index is -0.257. The fourth-order valence-corrected chi connectivity index (χ4v) is 1.61. The van der Waals surface area contributed by atoms with Crippen molar-refractivity contribution in [2.24, 2.45) is 0 Å². The average molecular weight is 210 g/mol. The van der Waals surface area contributed by atoms with Crippen molar-refractivity contribution in [3.8, 4) is 6.07 Å². The molecule has 0 saturated heterocycles. The molecule has 16 heavy (non-hydrogen) atoms. The van der Waals surface area contributed by atoms with Gasteiger partial charge in [-0.3, -0.25) is 4.79 Å².